The van der Waals surface area contributed by atoms with Gasteiger partial charge in [-0.15, -0.1) is 0 Å². The third kappa shape index (κ3) is 3.01. The molecular weight excluding hydrogens is 284 g/mol. The van der Waals surface area contributed by atoms with Crippen molar-refractivity contribution in [2.45, 2.75) is 52.4 Å². The number of hydrogen-bond donors (Lipinski definition) is 1. The Kier molecular flexibility index (Phi) is 4.74. The number of likely N-dealkylation sites (tertiary alicyclic amines) is 1. The average molecular weight is 312 g/mol. The molecule has 0 aliphatic carbocycles. The molecule has 2 aromatic rings. The first kappa shape index (κ1) is 16.1. The minimum atomic E-state index is 0.210. The van der Waals surface area contributed by atoms with E-state index in [0.29, 0.717) is 11.8 Å². The molecule has 0 bridgehead atoms. The number of carbonyl (C=O) groups is 1. The minimum Gasteiger partial charge on any atom is -0.358 e. The Bertz CT molecular complexity index is 676. The summed E-state index contributed by atoms with van der Waals surface area (Å²) in [6.07, 6.45) is 4.07. The van der Waals surface area contributed by atoms with E-state index in [2.05, 4.69) is 54.9 Å². The van der Waals surface area contributed by atoms with Crippen LogP contribution in [0.5, 0.6) is 0 Å². The number of aryl methyl sites for hydroxylation is 1. The van der Waals surface area contributed by atoms with Crippen LogP contribution in [0.2, 0.25) is 0 Å². The molecule has 3 rings (SSSR count). The SMILES string of the molecule is CCC(CC)C(=O)N1CCC(c2c(C)[nH]c3ccccc23)CC1. The summed E-state index contributed by atoms with van der Waals surface area (Å²) in [5.74, 6) is 1.14. The van der Waals surface area contributed by atoms with Gasteiger partial charge in [-0.25, -0.2) is 0 Å². The van der Waals surface area contributed by atoms with E-state index in [-0.39, 0.29) is 5.92 Å². The van der Waals surface area contributed by atoms with Crippen molar-refractivity contribution >= 4 is 16.8 Å². The summed E-state index contributed by atoms with van der Waals surface area (Å²) in [4.78, 5) is 18.2. The Morgan fingerprint density at radius 1 is 1.22 bits per heavy atom. The summed E-state index contributed by atoms with van der Waals surface area (Å²) in [6, 6.07) is 8.57. The molecule has 0 spiro atoms. The summed E-state index contributed by atoms with van der Waals surface area (Å²) < 4.78 is 0. The number of nitrogens with zero attached hydrogens (tertiary/aromatic N) is 1. The van der Waals surface area contributed by atoms with Gasteiger partial charge in [-0.3, -0.25) is 4.79 Å². The number of hydrogen-bond acceptors (Lipinski definition) is 1. The number of amides is 1. The van der Waals surface area contributed by atoms with Gasteiger partial charge in [-0.2, -0.15) is 0 Å². The molecular formula is C20H28N2O. The molecule has 0 radical (unpaired) electrons. The quantitative estimate of drug-likeness (QED) is 0.878. The lowest BCUT2D eigenvalue weighted by Crippen LogP contribution is -2.41. The van der Waals surface area contributed by atoms with Crippen LogP contribution in [0.4, 0.5) is 0 Å². The molecule has 0 saturated carbocycles. The van der Waals surface area contributed by atoms with Crippen LogP contribution in [0.3, 0.4) is 0 Å². The van der Waals surface area contributed by atoms with Gasteiger partial charge in [0.1, 0.15) is 0 Å². The lowest BCUT2D eigenvalue weighted by molar-refractivity contribution is -0.136. The van der Waals surface area contributed by atoms with Crippen LogP contribution in [-0.4, -0.2) is 28.9 Å². The zero-order chi connectivity index (χ0) is 16.4. The number of H-pyrrole nitrogens is 1. The highest BCUT2D eigenvalue weighted by Crippen LogP contribution is 2.36. The summed E-state index contributed by atoms with van der Waals surface area (Å²) in [5.41, 5.74) is 3.99. The van der Waals surface area contributed by atoms with Gasteiger partial charge in [0.05, 0.1) is 0 Å². The van der Waals surface area contributed by atoms with Crippen LogP contribution in [-0.2, 0) is 4.79 Å². The van der Waals surface area contributed by atoms with Gasteiger partial charge < -0.3 is 9.88 Å². The van der Waals surface area contributed by atoms with E-state index in [9.17, 15) is 4.79 Å². The molecule has 1 aromatic heterocycles. The van der Waals surface area contributed by atoms with Gasteiger partial charge >= 0.3 is 0 Å². The van der Waals surface area contributed by atoms with Crippen molar-refractivity contribution in [1.29, 1.82) is 0 Å². The molecule has 2 heterocycles. The fourth-order valence-corrected chi connectivity index (χ4v) is 4.11. The molecule has 1 aromatic carbocycles. The van der Waals surface area contributed by atoms with Crippen molar-refractivity contribution in [3.63, 3.8) is 0 Å². The van der Waals surface area contributed by atoms with E-state index < -0.39 is 0 Å². The number of nitrogens with one attached hydrogen (secondary N) is 1. The number of aromatic nitrogens is 1. The standard InChI is InChI=1S/C20H28N2O/c1-4-15(5-2)20(23)22-12-10-16(11-13-22)19-14(3)21-18-9-7-6-8-17(18)19/h6-9,15-16,21H,4-5,10-13H2,1-3H3. The Balaban J connectivity index is 1.74. The topological polar surface area (TPSA) is 36.1 Å². The smallest absolute Gasteiger partial charge is 0.225 e. The summed E-state index contributed by atoms with van der Waals surface area (Å²) in [6.45, 7) is 8.22. The molecule has 0 unspecified atom stereocenters. The second-order valence-electron chi connectivity index (χ2n) is 6.82. The molecule has 23 heavy (non-hydrogen) atoms. The number of fused-ring (bicyclic) bond motifs is 1. The van der Waals surface area contributed by atoms with Crippen molar-refractivity contribution in [2.75, 3.05) is 13.1 Å². The lowest BCUT2D eigenvalue weighted by atomic mass is 9.87. The van der Waals surface area contributed by atoms with Crippen LogP contribution >= 0.6 is 0 Å². The Morgan fingerprint density at radius 2 is 1.87 bits per heavy atom. The van der Waals surface area contributed by atoms with E-state index in [1.165, 1.54) is 22.2 Å². The van der Waals surface area contributed by atoms with Gasteiger partial charge in [0.15, 0.2) is 0 Å². The van der Waals surface area contributed by atoms with E-state index >= 15 is 0 Å². The number of aromatic amines is 1. The molecule has 124 valence electrons. The molecule has 1 N–H and O–H groups in total. The van der Waals surface area contributed by atoms with Crippen LogP contribution in [0.1, 0.15) is 56.7 Å². The Labute approximate surface area is 139 Å². The third-order valence-corrected chi connectivity index (χ3v) is 5.49. The van der Waals surface area contributed by atoms with Crippen molar-refractivity contribution < 1.29 is 4.79 Å². The fraction of sp³-hybridized carbons (Fsp3) is 0.550. The van der Waals surface area contributed by atoms with E-state index in [1.807, 2.05) is 0 Å². The maximum Gasteiger partial charge on any atom is 0.225 e. The minimum absolute atomic E-state index is 0.210. The van der Waals surface area contributed by atoms with Gasteiger partial charge in [0.2, 0.25) is 5.91 Å². The van der Waals surface area contributed by atoms with Crippen LogP contribution in [0, 0.1) is 12.8 Å². The van der Waals surface area contributed by atoms with Crippen molar-refractivity contribution in [2.24, 2.45) is 5.92 Å². The number of carbonyl (C=O) groups excluding carboxylic acids is 1. The van der Waals surface area contributed by atoms with Crippen LogP contribution in [0.25, 0.3) is 10.9 Å². The molecule has 1 saturated heterocycles. The third-order valence-electron chi connectivity index (χ3n) is 5.49. The number of benzene rings is 1. The first-order chi connectivity index (χ1) is 11.2. The van der Waals surface area contributed by atoms with E-state index in [4.69, 9.17) is 0 Å². The van der Waals surface area contributed by atoms with Gasteiger partial charge in [-0.05, 0) is 50.2 Å². The van der Waals surface area contributed by atoms with E-state index in [0.717, 1.165) is 38.8 Å². The van der Waals surface area contributed by atoms with Crippen molar-refractivity contribution in [1.82, 2.24) is 9.88 Å². The maximum atomic E-state index is 12.6. The highest BCUT2D eigenvalue weighted by Gasteiger charge is 2.28. The van der Waals surface area contributed by atoms with Gasteiger partial charge in [0, 0.05) is 35.6 Å². The summed E-state index contributed by atoms with van der Waals surface area (Å²) in [5, 5.41) is 1.36. The maximum absolute atomic E-state index is 12.6. The molecule has 1 aliphatic heterocycles. The van der Waals surface area contributed by atoms with Gasteiger partial charge in [0.25, 0.3) is 0 Å². The second-order valence-corrected chi connectivity index (χ2v) is 6.82. The summed E-state index contributed by atoms with van der Waals surface area (Å²) >= 11 is 0. The van der Waals surface area contributed by atoms with Crippen molar-refractivity contribution in [3.8, 4) is 0 Å². The largest absolute Gasteiger partial charge is 0.358 e. The van der Waals surface area contributed by atoms with Crippen LogP contribution < -0.4 is 0 Å². The Hall–Kier alpha value is -1.77. The number of piperidine rings is 1. The number of para-hydroxylation sites is 1. The number of rotatable bonds is 4. The molecule has 3 nitrogen and oxygen atoms in total. The lowest BCUT2D eigenvalue weighted by Gasteiger charge is -2.34. The molecule has 1 amide bonds. The fourth-order valence-electron chi connectivity index (χ4n) is 4.11. The highest BCUT2D eigenvalue weighted by atomic mass is 16.2. The molecule has 1 fully saturated rings. The predicted molar refractivity (Wildman–Crippen MR) is 95.7 cm³/mol. The van der Waals surface area contributed by atoms with Crippen LogP contribution in [0.15, 0.2) is 24.3 Å². The normalized spacial score (nSPS) is 16.4. The highest BCUT2D eigenvalue weighted by molar-refractivity contribution is 5.85. The van der Waals surface area contributed by atoms with Crippen molar-refractivity contribution in [3.05, 3.63) is 35.5 Å². The monoisotopic (exact) mass is 312 g/mol. The zero-order valence-electron chi connectivity index (χ0n) is 14.6. The second kappa shape index (κ2) is 6.77. The summed E-state index contributed by atoms with van der Waals surface area (Å²) in [7, 11) is 0. The van der Waals surface area contributed by atoms with E-state index in [1.54, 1.807) is 0 Å². The molecule has 1 aliphatic rings. The predicted octanol–water partition coefficient (Wildman–Crippen LogP) is 4.62. The first-order valence-corrected chi connectivity index (χ1v) is 9.01. The average Bonchev–Trinajstić information content (AvgIpc) is 2.91. The Morgan fingerprint density at radius 3 is 2.52 bits per heavy atom. The van der Waals surface area contributed by atoms with Gasteiger partial charge in [-0.1, -0.05) is 32.0 Å². The zero-order valence-corrected chi connectivity index (χ0v) is 14.6. The molecule has 0 atom stereocenters. The molecule has 3 heteroatoms. The first-order valence-electron chi connectivity index (χ1n) is 9.01.